The molecular weight excluding hydrogens is 330 g/mol. The number of halogens is 2. The van der Waals surface area contributed by atoms with E-state index in [2.05, 4.69) is 31.5 Å². The number of benzene rings is 1. The molecule has 0 bridgehead atoms. The van der Waals surface area contributed by atoms with Crippen molar-refractivity contribution in [3.8, 4) is 0 Å². The van der Waals surface area contributed by atoms with E-state index in [-0.39, 0.29) is 5.91 Å². The van der Waals surface area contributed by atoms with Gasteiger partial charge in [-0.2, -0.15) is 0 Å². The second kappa shape index (κ2) is 7.24. The molecule has 0 aliphatic carbocycles. The first-order valence-corrected chi connectivity index (χ1v) is 7.50. The van der Waals surface area contributed by atoms with Crippen molar-refractivity contribution in [3.63, 3.8) is 0 Å². The van der Waals surface area contributed by atoms with Crippen molar-refractivity contribution in [1.82, 2.24) is 15.5 Å². The Morgan fingerprint density at radius 3 is 2.84 bits per heavy atom. The lowest BCUT2D eigenvalue weighted by atomic mass is 10.2. The number of nitrogens with zero attached hydrogens (tertiary/aromatic N) is 1. The number of hydrogen-bond acceptors (Lipinski definition) is 3. The van der Waals surface area contributed by atoms with Crippen molar-refractivity contribution in [1.29, 1.82) is 0 Å². The van der Waals surface area contributed by atoms with Crippen LogP contribution in [0.25, 0.3) is 0 Å². The predicted molar refractivity (Wildman–Crippen MR) is 80.8 cm³/mol. The Hall–Kier alpha value is -0.620. The molecule has 0 spiro atoms. The zero-order chi connectivity index (χ0) is 13.7. The topological polar surface area (TPSA) is 44.4 Å². The fourth-order valence-corrected chi connectivity index (χ4v) is 2.50. The van der Waals surface area contributed by atoms with Crippen LogP contribution in [-0.2, 0) is 0 Å². The van der Waals surface area contributed by atoms with Crippen LogP contribution >= 0.6 is 27.5 Å². The lowest BCUT2D eigenvalue weighted by molar-refractivity contribution is 0.0947. The largest absolute Gasteiger partial charge is 0.351 e. The highest BCUT2D eigenvalue weighted by Crippen LogP contribution is 2.23. The van der Waals surface area contributed by atoms with E-state index in [1.807, 2.05) is 0 Å². The smallest absolute Gasteiger partial charge is 0.251 e. The van der Waals surface area contributed by atoms with Crippen LogP contribution in [0.1, 0.15) is 10.4 Å². The van der Waals surface area contributed by atoms with Gasteiger partial charge in [0.15, 0.2) is 0 Å². The molecule has 4 nitrogen and oxygen atoms in total. The Morgan fingerprint density at radius 2 is 2.16 bits per heavy atom. The highest BCUT2D eigenvalue weighted by atomic mass is 79.9. The van der Waals surface area contributed by atoms with Crippen molar-refractivity contribution in [2.45, 2.75) is 0 Å². The molecule has 1 fully saturated rings. The van der Waals surface area contributed by atoms with Gasteiger partial charge in [0.1, 0.15) is 0 Å². The Balaban J connectivity index is 1.78. The minimum Gasteiger partial charge on any atom is -0.351 e. The van der Waals surface area contributed by atoms with E-state index in [0.29, 0.717) is 17.1 Å². The zero-order valence-corrected chi connectivity index (χ0v) is 12.9. The van der Waals surface area contributed by atoms with E-state index in [1.54, 1.807) is 18.2 Å². The molecule has 1 aliphatic heterocycles. The lowest BCUT2D eigenvalue weighted by Crippen LogP contribution is -2.46. The lowest BCUT2D eigenvalue weighted by Gasteiger charge is -2.27. The molecule has 0 aromatic heterocycles. The number of carbonyl (C=O) groups excluding carboxylic acids is 1. The number of amides is 1. The highest BCUT2D eigenvalue weighted by Gasteiger charge is 2.10. The molecule has 2 N–H and O–H groups in total. The minimum atomic E-state index is -0.0625. The minimum absolute atomic E-state index is 0.0625. The van der Waals surface area contributed by atoms with Crippen LogP contribution in [0.3, 0.4) is 0 Å². The van der Waals surface area contributed by atoms with Crippen LogP contribution in [0.5, 0.6) is 0 Å². The molecule has 19 heavy (non-hydrogen) atoms. The summed E-state index contributed by atoms with van der Waals surface area (Å²) >= 11 is 9.22. The molecule has 0 unspecified atom stereocenters. The van der Waals surface area contributed by atoms with Gasteiger partial charge in [-0.05, 0) is 34.1 Å². The number of nitrogens with one attached hydrogen (secondary N) is 2. The summed E-state index contributed by atoms with van der Waals surface area (Å²) < 4.78 is 0.740. The summed E-state index contributed by atoms with van der Waals surface area (Å²) in [7, 11) is 0. The standard InChI is InChI=1S/C13H17BrClN3O/c14-11-9-10(1-2-12(11)15)13(19)17-5-8-18-6-3-16-4-7-18/h1-2,9,16H,3-8H2,(H,17,19). The molecule has 0 radical (unpaired) electrons. The molecule has 0 saturated carbocycles. The van der Waals surface area contributed by atoms with Crippen LogP contribution in [0.4, 0.5) is 0 Å². The number of rotatable bonds is 4. The maximum atomic E-state index is 11.9. The Morgan fingerprint density at radius 1 is 1.42 bits per heavy atom. The third-order valence-electron chi connectivity index (χ3n) is 3.10. The van der Waals surface area contributed by atoms with E-state index < -0.39 is 0 Å². The Kier molecular flexibility index (Phi) is 5.63. The summed E-state index contributed by atoms with van der Waals surface area (Å²) in [5, 5.41) is 6.84. The first-order chi connectivity index (χ1) is 9.16. The summed E-state index contributed by atoms with van der Waals surface area (Å²) in [5.41, 5.74) is 0.622. The van der Waals surface area contributed by atoms with Gasteiger partial charge in [-0.3, -0.25) is 9.69 Å². The van der Waals surface area contributed by atoms with Gasteiger partial charge in [-0.1, -0.05) is 11.6 Å². The van der Waals surface area contributed by atoms with Crippen molar-refractivity contribution in [2.75, 3.05) is 39.3 Å². The molecular formula is C13H17BrClN3O. The molecule has 1 amide bonds. The Labute approximate surface area is 126 Å². The van der Waals surface area contributed by atoms with Crippen LogP contribution in [-0.4, -0.2) is 50.1 Å². The number of piperazine rings is 1. The van der Waals surface area contributed by atoms with E-state index in [4.69, 9.17) is 11.6 Å². The monoisotopic (exact) mass is 345 g/mol. The highest BCUT2D eigenvalue weighted by molar-refractivity contribution is 9.10. The first kappa shape index (κ1) is 14.8. The van der Waals surface area contributed by atoms with E-state index in [1.165, 1.54) is 0 Å². The summed E-state index contributed by atoms with van der Waals surface area (Å²) in [6.45, 7) is 5.70. The quantitative estimate of drug-likeness (QED) is 0.873. The average molecular weight is 347 g/mol. The molecule has 1 heterocycles. The van der Waals surface area contributed by atoms with Gasteiger partial charge in [0.2, 0.25) is 0 Å². The van der Waals surface area contributed by atoms with Gasteiger partial charge in [-0.25, -0.2) is 0 Å². The third-order valence-corrected chi connectivity index (χ3v) is 4.32. The van der Waals surface area contributed by atoms with Crippen molar-refractivity contribution in [2.24, 2.45) is 0 Å². The van der Waals surface area contributed by atoms with Crippen molar-refractivity contribution >= 4 is 33.4 Å². The van der Waals surface area contributed by atoms with E-state index in [0.717, 1.165) is 37.2 Å². The molecule has 1 aromatic rings. The first-order valence-electron chi connectivity index (χ1n) is 6.33. The maximum absolute atomic E-state index is 11.9. The summed E-state index contributed by atoms with van der Waals surface area (Å²) in [5.74, 6) is -0.0625. The van der Waals surface area contributed by atoms with Crippen LogP contribution in [0.15, 0.2) is 22.7 Å². The summed E-state index contributed by atoms with van der Waals surface area (Å²) in [6, 6.07) is 5.19. The number of carbonyl (C=O) groups is 1. The molecule has 6 heteroatoms. The summed E-state index contributed by atoms with van der Waals surface area (Å²) in [4.78, 5) is 14.3. The SMILES string of the molecule is O=C(NCCN1CCNCC1)c1ccc(Cl)c(Br)c1. The molecule has 104 valence electrons. The molecule has 0 atom stereocenters. The normalized spacial score (nSPS) is 16.3. The average Bonchev–Trinajstić information content (AvgIpc) is 2.43. The van der Waals surface area contributed by atoms with Crippen LogP contribution in [0.2, 0.25) is 5.02 Å². The number of hydrogen-bond donors (Lipinski definition) is 2. The van der Waals surface area contributed by atoms with E-state index >= 15 is 0 Å². The molecule has 1 aromatic carbocycles. The predicted octanol–water partition coefficient (Wildman–Crippen LogP) is 1.74. The van der Waals surface area contributed by atoms with Gasteiger partial charge >= 0.3 is 0 Å². The van der Waals surface area contributed by atoms with Crippen LogP contribution < -0.4 is 10.6 Å². The van der Waals surface area contributed by atoms with Gasteiger partial charge in [0.05, 0.1) is 5.02 Å². The van der Waals surface area contributed by atoms with Gasteiger partial charge in [0.25, 0.3) is 5.91 Å². The van der Waals surface area contributed by atoms with Gasteiger partial charge < -0.3 is 10.6 Å². The van der Waals surface area contributed by atoms with Crippen molar-refractivity contribution in [3.05, 3.63) is 33.3 Å². The molecule has 1 saturated heterocycles. The second-order valence-electron chi connectivity index (χ2n) is 4.48. The second-order valence-corrected chi connectivity index (χ2v) is 5.74. The van der Waals surface area contributed by atoms with Gasteiger partial charge in [0, 0.05) is 49.3 Å². The maximum Gasteiger partial charge on any atom is 0.251 e. The van der Waals surface area contributed by atoms with Crippen LogP contribution in [0, 0.1) is 0 Å². The summed E-state index contributed by atoms with van der Waals surface area (Å²) in [6.07, 6.45) is 0. The molecule has 1 aliphatic rings. The van der Waals surface area contributed by atoms with Crippen molar-refractivity contribution < 1.29 is 4.79 Å². The Bertz CT molecular complexity index is 450. The molecule has 2 rings (SSSR count). The zero-order valence-electron chi connectivity index (χ0n) is 10.6. The fourth-order valence-electron chi connectivity index (χ4n) is 2.00. The van der Waals surface area contributed by atoms with Gasteiger partial charge in [-0.15, -0.1) is 0 Å². The van der Waals surface area contributed by atoms with E-state index in [9.17, 15) is 4.79 Å². The third kappa shape index (κ3) is 4.45. The fraction of sp³-hybridized carbons (Fsp3) is 0.462.